The van der Waals surface area contributed by atoms with Crippen LogP contribution < -0.4 is 0 Å². The van der Waals surface area contributed by atoms with E-state index in [-0.39, 0.29) is 23.8 Å². The van der Waals surface area contributed by atoms with Crippen molar-refractivity contribution in [3.63, 3.8) is 0 Å². The smallest absolute Gasteiger partial charge is 0.303 e. The highest BCUT2D eigenvalue weighted by atomic mass is 16.6. The summed E-state index contributed by atoms with van der Waals surface area (Å²) >= 11 is 0. The molecule has 88 valence electrons. The van der Waals surface area contributed by atoms with E-state index in [0.29, 0.717) is 18.4 Å². The Morgan fingerprint density at radius 2 is 2.18 bits per heavy atom. The van der Waals surface area contributed by atoms with Crippen molar-refractivity contribution >= 4 is 5.97 Å². The summed E-state index contributed by atoms with van der Waals surface area (Å²) in [6.45, 7) is 1.35. The van der Waals surface area contributed by atoms with Crippen molar-refractivity contribution in [2.45, 2.75) is 44.5 Å². The van der Waals surface area contributed by atoms with Crippen LogP contribution in [-0.2, 0) is 14.3 Å². The van der Waals surface area contributed by atoms with E-state index in [1.54, 1.807) is 0 Å². The van der Waals surface area contributed by atoms with Crippen LogP contribution in [0.3, 0.4) is 0 Å². The average Bonchev–Trinajstić information content (AvgIpc) is 2.60. The maximum atomic E-state index is 11.0. The van der Waals surface area contributed by atoms with E-state index in [0.717, 1.165) is 6.42 Å². The first-order valence-electron chi connectivity index (χ1n) is 5.51. The van der Waals surface area contributed by atoms with E-state index in [4.69, 9.17) is 20.0 Å². The summed E-state index contributed by atoms with van der Waals surface area (Å²) in [4.78, 5) is 11.0. The summed E-state index contributed by atoms with van der Waals surface area (Å²) in [6, 6.07) is 3.75. The monoisotopic (exact) mass is 232 g/mol. The first kappa shape index (κ1) is 11.6. The van der Waals surface area contributed by atoms with Gasteiger partial charge in [0.05, 0.1) is 6.10 Å². The zero-order valence-electron chi connectivity index (χ0n) is 9.47. The second-order valence-corrected chi connectivity index (χ2v) is 4.22. The van der Waals surface area contributed by atoms with Crippen molar-refractivity contribution in [2.24, 2.45) is 0 Å². The number of carbonyl (C=O) groups is 1. The molecule has 2 aliphatic rings. The lowest BCUT2D eigenvalue weighted by atomic mass is 9.97. The molecule has 3 atom stereocenters. The van der Waals surface area contributed by atoms with Crippen LogP contribution >= 0.6 is 0 Å². The highest BCUT2D eigenvalue weighted by Gasteiger charge is 2.44. The highest BCUT2D eigenvalue weighted by Crippen LogP contribution is 2.39. The SMILES string of the molecule is CC(=O)O[C@@H]1C[C@@H]2CCC(=C(C#N)C#N)[C@H]1O2. The van der Waals surface area contributed by atoms with E-state index < -0.39 is 6.10 Å². The van der Waals surface area contributed by atoms with Gasteiger partial charge in [-0.3, -0.25) is 4.79 Å². The molecule has 0 amide bonds. The summed E-state index contributed by atoms with van der Waals surface area (Å²) in [5, 5.41) is 17.8. The molecule has 0 radical (unpaired) electrons. The number of hydrogen-bond acceptors (Lipinski definition) is 5. The molecule has 2 saturated heterocycles. The molecule has 5 heteroatoms. The minimum Gasteiger partial charge on any atom is -0.459 e. The Morgan fingerprint density at radius 3 is 2.76 bits per heavy atom. The fourth-order valence-electron chi connectivity index (χ4n) is 2.44. The number of hydrogen-bond donors (Lipinski definition) is 0. The van der Waals surface area contributed by atoms with Crippen LogP contribution in [0.15, 0.2) is 11.1 Å². The van der Waals surface area contributed by atoms with Gasteiger partial charge in [-0.25, -0.2) is 0 Å². The van der Waals surface area contributed by atoms with Gasteiger partial charge in [-0.2, -0.15) is 10.5 Å². The number of allylic oxidation sites excluding steroid dienone is 1. The number of nitrogens with zero attached hydrogens (tertiary/aromatic N) is 2. The van der Waals surface area contributed by atoms with Crippen LogP contribution in [0.5, 0.6) is 0 Å². The molecular weight excluding hydrogens is 220 g/mol. The van der Waals surface area contributed by atoms with Crippen LogP contribution in [0, 0.1) is 22.7 Å². The minimum atomic E-state index is -0.410. The third-order valence-electron chi connectivity index (χ3n) is 3.11. The highest BCUT2D eigenvalue weighted by molar-refractivity contribution is 5.66. The molecule has 0 aliphatic carbocycles. The number of esters is 1. The van der Waals surface area contributed by atoms with Gasteiger partial charge >= 0.3 is 5.97 Å². The lowest BCUT2D eigenvalue weighted by molar-refractivity contribution is -0.148. The Hall–Kier alpha value is -1.85. The van der Waals surface area contributed by atoms with Gasteiger partial charge < -0.3 is 9.47 Å². The Bertz CT molecular complexity index is 439. The fraction of sp³-hybridized carbons (Fsp3) is 0.583. The lowest BCUT2D eigenvalue weighted by Crippen LogP contribution is -2.30. The van der Waals surface area contributed by atoms with E-state index >= 15 is 0 Å². The quantitative estimate of drug-likeness (QED) is 0.501. The molecule has 0 N–H and O–H groups in total. The summed E-state index contributed by atoms with van der Waals surface area (Å²) in [5.74, 6) is -0.360. The van der Waals surface area contributed by atoms with E-state index in [2.05, 4.69) is 0 Å². The zero-order valence-corrected chi connectivity index (χ0v) is 9.47. The average molecular weight is 232 g/mol. The lowest BCUT2D eigenvalue weighted by Gasteiger charge is -2.25. The Labute approximate surface area is 99.2 Å². The number of carbonyl (C=O) groups excluding carboxylic acids is 1. The van der Waals surface area contributed by atoms with Crippen molar-refractivity contribution in [1.82, 2.24) is 0 Å². The molecule has 0 aromatic heterocycles. The molecule has 2 bridgehead atoms. The number of fused-ring (bicyclic) bond motifs is 2. The van der Waals surface area contributed by atoms with Gasteiger partial charge in [-0.05, 0) is 18.4 Å². The van der Waals surface area contributed by atoms with Crippen LogP contribution in [0.4, 0.5) is 0 Å². The number of rotatable bonds is 1. The van der Waals surface area contributed by atoms with E-state index in [9.17, 15) is 4.79 Å². The van der Waals surface area contributed by atoms with Crippen molar-refractivity contribution in [3.05, 3.63) is 11.1 Å². The van der Waals surface area contributed by atoms with E-state index in [1.165, 1.54) is 6.92 Å². The van der Waals surface area contributed by atoms with Gasteiger partial charge in [0.15, 0.2) is 0 Å². The minimum absolute atomic E-state index is 0.0757. The Morgan fingerprint density at radius 1 is 1.47 bits per heavy atom. The third-order valence-corrected chi connectivity index (χ3v) is 3.11. The molecule has 17 heavy (non-hydrogen) atoms. The van der Waals surface area contributed by atoms with Crippen molar-refractivity contribution < 1.29 is 14.3 Å². The fourth-order valence-corrected chi connectivity index (χ4v) is 2.44. The molecule has 0 aromatic carbocycles. The predicted octanol–water partition coefficient (Wildman–Crippen LogP) is 1.21. The summed E-state index contributed by atoms with van der Waals surface area (Å²) in [6.07, 6.45) is 1.41. The molecule has 0 spiro atoms. The predicted molar refractivity (Wildman–Crippen MR) is 56.3 cm³/mol. The molecule has 0 unspecified atom stereocenters. The third kappa shape index (κ3) is 2.15. The molecule has 2 rings (SSSR count). The Balaban J connectivity index is 2.28. The topological polar surface area (TPSA) is 83.1 Å². The second kappa shape index (κ2) is 4.57. The van der Waals surface area contributed by atoms with Gasteiger partial charge in [-0.15, -0.1) is 0 Å². The normalized spacial score (nSPS) is 30.3. The largest absolute Gasteiger partial charge is 0.459 e. The molecule has 0 saturated carbocycles. The molecule has 2 heterocycles. The molecule has 2 aliphatic heterocycles. The molecular formula is C12H12N2O3. The first-order valence-corrected chi connectivity index (χ1v) is 5.51. The van der Waals surface area contributed by atoms with Crippen molar-refractivity contribution in [1.29, 1.82) is 10.5 Å². The van der Waals surface area contributed by atoms with Gasteiger partial charge in [0.25, 0.3) is 0 Å². The van der Waals surface area contributed by atoms with E-state index in [1.807, 2.05) is 12.1 Å². The number of ether oxygens (including phenoxy) is 2. The van der Waals surface area contributed by atoms with Crippen LogP contribution in [-0.4, -0.2) is 24.3 Å². The van der Waals surface area contributed by atoms with Crippen molar-refractivity contribution in [2.75, 3.05) is 0 Å². The van der Waals surface area contributed by atoms with Gasteiger partial charge in [-0.1, -0.05) is 0 Å². The summed E-state index contributed by atoms with van der Waals surface area (Å²) in [7, 11) is 0. The standard InChI is InChI=1S/C12H12N2O3/c1-7(15)16-11-4-9-2-3-10(12(11)17-9)8(5-13)6-14/h9,11-12H,2-4H2,1H3/t9-,11+,12+/m0/s1. The molecule has 0 aromatic rings. The first-order chi connectivity index (χ1) is 8.15. The maximum Gasteiger partial charge on any atom is 0.303 e. The van der Waals surface area contributed by atoms with Gasteiger partial charge in [0, 0.05) is 13.3 Å². The maximum absolute atomic E-state index is 11.0. The summed E-state index contributed by atoms with van der Waals surface area (Å²) < 4.78 is 10.8. The van der Waals surface area contributed by atoms with Crippen LogP contribution in [0.1, 0.15) is 26.2 Å². The number of nitriles is 2. The zero-order chi connectivity index (χ0) is 12.4. The van der Waals surface area contributed by atoms with Crippen LogP contribution in [0.2, 0.25) is 0 Å². The van der Waals surface area contributed by atoms with Crippen LogP contribution in [0.25, 0.3) is 0 Å². The molecule has 5 nitrogen and oxygen atoms in total. The van der Waals surface area contributed by atoms with Gasteiger partial charge in [0.1, 0.15) is 29.9 Å². The summed E-state index contributed by atoms with van der Waals surface area (Å²) in [5.41, 5.74) is 0.766. The van der Waals surface area contributed by atoms with Gasteiger partial charge in [0.2, 0.25) is 0 Å². The van der Waals surface area contributed by atoms with Crippen molar-refractivity contribution in [3.8, 4) is 12.1 Å². The Kier molecular flexibility index (Phi) is 3.12. The molecule has 2 fully saturated rings. The second-order valence-electron chi connectivity index (χ2n) is 4.22.